The van der Waals surface area contributed by atoms with Crippen molar-refractivity contribution >= 4 is 5.91 Å². The number of carbonyl (C=O) groups excluding carboxylic acids is 1. The summed E-state index contributed by atoms with van der Waals surface area (Å²) >= 11 is 0. The predicted octanol–water partition coefficient (Wildman–Crippen LogP) is 3.72. The van der Waals surface area contributed by atoms with Crippen molar-refractivity contribution in [3.05, 3.63) is 60.2 Å². The number of nitrogens with zero attached hydrogens (tertiary/aromatic N) is 2. The number of amides is 1. The van der Waals surface area contributed by atoms with Gasteiger partial charge in [-0.3, -0.25) is 4.79 Å². The number of fused-ring (bicyclic) bond motifs is 1. The third kappa shape index (κ3) is 3.25. The van der Waals surface area contributed by atoms with Gasteiger partial charge in [0.2, 0.25) is 5.91 Å². The Morgan fingerprint density at radius 2 is 2.17 bits per heavy atom. The summed E-state index contributed by atoms with van der Waals surface area (Å²) in [6.07, 6.45) is 5.43. The van der Waals surface area contributed by atoms with E-state index < -0.39 is 0 Å². The molecule has 4 nitrogen and oxygen atoms in total. The molecule has 1 aromatic carbocycles. The van der Waals surface area contributed by atoms with Crippen molar-refractivity contribution in [2.24, 2.45) is 5.41 Å². The molecule has 0 fully saturated rings. The molecule has 1 N–H and O–H groups in total. The van der Waals surface area contributed by atoms with Gasteiger partial charge in [-0.2, -0.15) is 5.10 Å². The van der Waals surface area contributed by atoms with E-state index in [1.807, 2.05) is 10.9 Å². The quantitative estimate of drug-likeness (QED) is 0.870. The van der Waals surface area contributed by atoms with Crippen LogP contribution in [0.1, 0.15) is 44.0 Å². The van der Waals surface area contributed by atoms with Gasteiger partial charge in [-0.05, 0) is 42.5 Å². The highest BCUT2D eigenvalue weighted by atomic mass is 19.1. The molecule has 3 rings (SSSR count). The molecule has 0 spiro atoms. The summed E-state index contributed by atoms with van der Waals surface area (Å²) in [5, 5.41) is 7.57. The van der Waals surface area contributed by atoms with Crippen LogP contribution in [0, 0.1) is 11.2 Å². The first-order valence-corrected chi connectivity index (χ1v) is 8.12. The average Bonchev–Trinajstić information content (AvgIpc) is 2.90. The number of aromatic nitrogens is 2. The Morgan fingerprint density at radius 3 is 2.83 bits per heavy atom. The zero-order chi connectivity index (χ0) is 17.3. The molecular formula is C19H22FN3O. The Bertz CT molecular complexity index is 761. The molecule has 0 aliphatic heterocycles. The van der Waals surface area contributed by atoms with Crippen LogP contribution in [0.4, 0.5) is 4.39 Å². The molecule has 0 unspecified atom stereocenters. The first kappa shape index (κ1) is 16.4. The van der Waals surface area contributed by atoms with Crippen LogP contribution < -0.4 is 5.32 Å². The van der Waals surface area contributed by atoms with Crippen LogP contribution in [0.2, 0.25) is 0 Å². The van der Waals surface area contributed by atoms with Crippen LogP contribution in [-0.4, -0.2) is 15.7 Å². The Hall–Kier alpha value is -2.43. The van der Waals surface area contributed by atoms with Crippen LogP contribution in [-0.2, 0) is 11.2 Å². The molecule has 1 aliphatic carbocycles. The maximum Gasteiger partial charge on any atom is 0.224 e. The number of rotatable bonds is 4. The molecule has 1 aliphatic rings. The lowest BCUT2D eigenvalue weighted by Crippen LogP contribution is -2.36. The number of benzene rings is 1. The van der Waals surface area contributed by atoms with E-state index in [0.29, 0.717) is 6.42 Å². The zero-order valence-electron chi connectivity index (χ0n) is 14.1. The minimum atomic E-state index is -0.269. The smallest absolute Gasteiger partial charge is 0.224 e. The molecule has 1 heterocycles. The minimum absolute atomic E-state index is 0.0341. The van der Waals surface area contributed by atoms with Crippen LogP contribution in [0.15, 0.2) is 43.1 Å². The monoisotopic (exact) mass is 327 g/mol. The summed E-state index contributed by atoms with van der Waals surface area (Å²) in [5.74, 6) is -0.303. The SMILES string of the molecule is C=CCC(=O)N[C@@H]1CC(C)(C)Cc2c1cnn2-c1ccc(F)cc1. The Morgan fingerprint density at radius 1 is 1.46 bits per heavy atom. The van der Waals surface area contributed by atoms with E-state index in [0.717, 1.165) is 29.8 Å². The Balaban J connectivity index is 1.97. The van der Waals surface area contributed by atoms with Gasteiger partial charge >= 0.3 is 0 Å². The Labute approximate surface area is 141 Å². The first-order valence-electron chi connectivity index (χ1n) is 8.12. The van der Waals surface area contributed by atoms with Crippen molar-refractivity contribution in [3.8, 4) is 5.69 Å². The average molecular weight is 327 g/mol. The minimum Gasteiger partial charge on any atom is -0.349 e. The van der Waals surface area contributed by atoms with Crippen LogP contribution in [0.5, 0.6) is 0 Å². The van der Waals surface area contributed by atoms with E-state index >= 15 is 0 Å². The third-order valence-electron chi connectivity index (χ3n) is 4.42. The van der Waals surface area contributed by atoms with Crippen molar-refractivity contribution in [1.29, 1.82) is 0 Å². The van der Waals surface area contributed by atoms with Gasteiger partial charge < -0.3 is 5.32 Å². The lowest BCUT2D eigenvalue weighted by Gasteiger charge is -2.36. The van der Waals surface area contributed by atoms with Gasteiger partial charge in [-0.25, -0.2) is 9.07 Å². The normalized spacial score (nSPS) is 18.7. The molecule has 0 radical (unpaired) electrons. The van der Waals surface area contributed by atoms with Crippen molar-refractivity contribution in [2.75, 3.05) is 0 Å². The van der Waals surface area contributed by atoms with Crippen LogP contribution in [0.25, 0.3) is 5.69 Å². The first-order chi connectivity index (χ1) is 11.4. The maximum atomic E-state index is 13.2. The van der Waals surface area contributed by atoms with Gasteiger partial charge in [0.05, 0.1) is 23.6 Å². The highest BCUT2D eigenvalue weighted by Gasteiger charge is 2.35. The van der Waals surface area contributed by atoms with Crippen LogP contribution in [0.3, 0.4) is 0 Å². The summed E-state index contributed by atoms with van der Waals surface area (Å²) < 4.78 is 15.0. The van der Waals surface area contributed by atoms with E-state index in [2.05, 4.69) is 30.8 Å². The van der Waals surface area contributed by atoms with E-state index in [4.69, 9.17) is 0 Å². The summed E-state index contributed by atoms with van der Waals surface area (Å²) in [6, 6.07) is 6.23. The molecule has 24 heavy (non-hydrogen) atoms. The van der Waals surface area contributed by atoms with Crippen molar-refractivity contribution < 1.29 is 9.18 Å². The van der Waals surface area contributed by atoms with Gasteiger partial charge in [0.15, 0.2) is 0 Å². The molecule has 5 heteroatoms. The fourth-order valence-corrected chi connectivity index (χ4v) is 3.36. The highest BCUT2D eigenvalue weighted by molar-refractivity contribution is 5.78. The summed E-state index contributed by atoms with van der Waals surface area (Å²) in [7, 11) is 0. The largest absolute Gasteiger partial charge is 0.349 e. The van der Waals surface area contributed by atoms with Crippen molar-refractivity contribution in [1.82, 2.24) is 15.1 Å². The van der Waals surface area contributed by atoms with Crippen molar-refractivity contribution in [2.45, 2.75) is 39.2 Å². The molecule has 0 saturated heterocycles. The molecule has 126 valence electrons. The zero-order valence-corrected chi connectivity index (χ0v) is 14.1. The fraction of sp³-hybridized carbons (Fsp3) is 0.368. The summed E-state index contributed by atoms with van der Waals surface area (Å²) in [6.45, 7) is 7.98. The van der Waals surface area contributed by atoms with Crippen LogP contribution >= 0.6 is 0 Å². The van der Waals surface area contributed by atoms with E-state index in [1.54, 1.807) is 18.2 Å². The van der Waals surface area contributed by atoms with E-state index in [9.17, 15) is 9.18 Å². The van der Waals surface area contributed by atoms with E-state index in [-0.39, 0.29) is 23.2 Å². The fourth-order valence-electron chi connectivity index (χ4n) is 3.36. The van der Waals surface area contributed by atoms with Gasteiger partial charge in [0, 0.05) is 12.0 Å². The summed E-state index contributed by atoms with van der Waals surface area (Å²) in [5.41, 5.74) is 2.97. The second-order valence-electron chi connectivity index (χ2n) is 7.09. The lowest BCUT2D eigenvalue weighted by atomic mass is 9.74. The molecule has 0 bridgehead atoms. The second kappa shape index (κ2) is 6.23. The molecule has 2 aromatic rings. The second-order valence-corrected chi connectivity index (χ2v) is 7.09. The molecule has 1 atom stereocenters. The lowest BCUT2D eigenvalue weighted by molar-refractivity contribution is -0.121. The molecule has 0 saturated carbocycles. The van der Waals surface area contributed by atoms with Crippen molar-refractivity contribution in [3.63, 3.8) is 0 Å². The number of nitrogens with one attached hydrogen (secondary N) is 1. The van der Waals surface area contributed by atoms with E-state index in [1.165, 1.54) is 12.1 Å². The number of hydrogen-bond donors (Lipinski definition) is 1. The Kier molecular flexibility index (Phi) is 4.26. The topological polar surface area (TPSA) is 46.9 Å². The van der Waals surface area contributed by atoms with Gasteiger partial charge in [-0.15, -0.1) is 6.58 Å². The highest BCUT2D eigenvalue weighted by Crippen LogP contribution is 2.41. The molecular weight excluding hydrogens is 305 g/mol. The number of carbonyl (C=O) groups is 1. The standard InChI is InChI=1S/C19H22FN3O/c1-4-5-18(24)22-16-10-19(2,3)11-17-15(16)12-21-23(17)14-8-6-13(20)7-9-14/h4,6-9,12,16H,1,5,10-11H2,2-3H3,(H,22,24)/t16-/m1/s1. The molecule has 1 amide bonds. The van der Waals surface area contributed by atoms with Gasteiger partial charge in [0.25, 0.3) is 0 Å². The van der Waals surface area contributed by atoms with Gasteiger partial charge in [-0.1, -0.05) is 19.9 Å². The number of halogens is 1. The molecule has 1 aromatic heterocycles. The summed E-state index contributed by atoms with van der Waals surface area (Å²) in [4.78, 5) is 12.0. The number of hydrogen-bond acceptors (Lipinski definition) is 2. The van der Waals surface area contributed by atoms with Gasteiger partial charge in [0.1, 0.15) is 5.82 Å². The maximum absolute atomic E-state index is 13.2. The third-order valence-corrected chi connectivity index (χ3v) is 4.42. The predicted molar refractivity (Wildman–Crippen MR) is 91.3 cm³/mol.